The molecule has 2 rings (SSSR count). The van der Waals surface area contributed by atoms with Gasteiger partial charge in [0.1, 0.15) is 0 Å². The van der Waals surface area contributed by atoms with Crippen LogP contribution in [0.3, 0.4) is 0 Å². The molecule has 0 aliphatic carbocycles. The number of rotatable bonds is 2. The van der Waals surface area contributed by atoms with Gasteiger partial charge in [-0.3, -0.25) is 9.97 Å². The van der Waals surface area contributed by atoms with Gasteiger partial charge >= 0.3 is 5.97 Å². The highest BCUT2D eigenvalue weighted by molar-refractivity contribution is 5.95. The minimum absolute atomic E-state index is 0.389. The van der Waals surface area contributed by atoms with Gasteiger partial charge < -0.3 is 4.74 Å². The van der Waals surface area contributed by atoms with E-state index < -0.39 is 0 Å². The summed E-state index contributed by atoms with van der Waals surface area (Å²) in [4.78, 5) is 19.6. The molecule has 0 bridgehead atoms. The average Bonchev–Trinajstić information content (AvgIpc) is 2.39. The van der Waals surface area contributed by atoms with E-state index in [1.807, 2.05) is 0 Å². The summed E-state index contributed by atoms with van der Waals surface area (Å²) in [5.41, 5.74) is 1.91. The highest BCUT2D eigenvalue weighted by atomic mass is 16.5. The Labute approximate surface area is 92.9 Å². The minimum Gasteiger partial charge on any atom is -0.465 e. The van der Waals surface area contributed by atoms with Gasteiger partial charge in [0.05, 0.1) is 18.4 Å². The largest absolute Gasteiger partial charge is 0.465 e. The van der Waals surface area contributed by atoms with E-state index in [1.54, 1.807) is 42.9 Å². The molecule has 0 aliphatic rings. The molecule has 0 N–H and O–H groups in total. The van der Waals surface area contributed by atoms with Crippen LogP contribution in [0.2, 0.25) is 0 Å². The Morgan fingerprint density at radius 3 is 2.62 bits per heavy atom. The average molecular weight is 214 g/mol. The normalized spacial score (nSPS) is 9.81. The number of pyridine rings is 2. The Kier molecular flexibility index (Phi) is 2.91. The van der Waals surface area contributed by atoms with Crippen molar-refractivity contribution in [2.24, 2.45) is 0 Å². The summed E-state index contributed by atoms with van der Waals surface area (Å²) in [5.74, 6) is -0.389. The van der Waals surface area contributed by atoms with E-state index in [4.69, 9.17) is 4.74 Å². The lowest BCUT2D eigenvalue weighted by Gasteiger charge is -2.05. The third-order valence-corrected chi connectivity index (χ3v) is 2.17. The van der Waals surface area contributed by atoms with Crippen LogP contribution in [0.4, 0.5) is 0 Å². The van der Waals surface area contributed by atoms with Crippen molar-refractivity contribution in [3.63, 3.8) is 0 Å². The predicted molar refractivity (Wildman–Crippen MR) is 58.8 cm³/mol. The van der Waals surface area contributed by atoms with Crippen LogP contribution >= 0.6 is 0 Å². The van der Waals surface area contributed by atoms with Crippen LogP contribution in [0.5, 0.6) is 0 Å². The molecular weight excluding hydrogens is 204 g/mol. The van der Waals surface area contributed by atoms with Gasteiger partial charge in [-0.15, -0.1) is 0 Å². The number of ether oxygens (including phenoxy) is 1. The van der Waals surface area contributed by atoms with E-state index in [-0.39, 0.29) is 5.97 Å². The summed E-state index contributed by atoms with van der Waals surface area (Å²) >= 11 is 0. The lowest BCUT2D eigenvalue weighted by Crippen LogP contribution is -2.04. The Morgan fingerprint density at radius 2 is 1.94 bits per heavy atom. The molecule has 80 valence electrons. The van der Waals surface area contributed by atoms with Gasteiger partial charge in [-0.25, -0.2) is 4.79 Å². The summed E-state index contributed by atoms with van der Waals surface area (Å²) in [6, 6.07) is 7.00. The maximum atomic E-state index is 11.5. The van der Waals surface area contributed by atoms with Gasteiger partial charge in [0, 0.05) is 24.2 Å². The van der Waals surface area contributed by atoms with Crippen LogP contribution in [-0.2, 0) is 4.74 Å². The molecular formula is C12H10N2O2. The van der Waals surface area contributed by atoms with Crippen molar-refractivity contribution in [2.75, 3.05) is 7.11 Å². The molecule has 0 fully saturated rings. The second-order valence-electron chi connectivity index (χ2n) is 3.13. The van der Waals surface area contributed by atoms with Gasteiger partial charge in [-0.05, 0) is 24.3 Å². The van der Waals surface area contributed by atoms with E-state index in [9.17, 15) is 4.79 Å². The molecule has 0 aliphatic heterocycles. The Morgan fingerprint density at radius 1 is 1.19 bits per heavy atom. The Bertz CT molecular complexity index is 497. The van der Waals surface area contributed by atoms with Gasteiger partial charge in [-0.1, -0.05) is 0 Å². The number of hydrogen-bond acceptors (Lipinski definition) is 4. The maximum absolute atomic E-state index is 11.5. The quantitative estimate of drug-likeness (QED) is 0.717. The van der Waals surface area contributed by atoms with Gasteiger partial charge in [-0.2, -0.15) is 0 Å². The summed E-state index contributed by atoms with van der Waals surface area (Å²) in [7, 11) is 1.35. The standard InChI is InChI=1S/C12H10N2O2/c1-16-12(15)10-3-2-6-14-11(10)9-4-7-13-8-5-9/h2-8H,1H3. The van der Waals surface area contributed by atoms with Gasteiger partial charge in [0.25, 0.3) is 0 Å². The summed E-state index contributed by atoms with van der Waals surface area (Å²) in [6.07, 6.45) is 4.96. The number of esters is 1. The van der Waals surface area contributed by atoms with Crippen LogP contribution in [0.25, 0.3) is 11.3 Å². The maximum Gasteiger partial charge on any atom is 0.340 e. The first-order valence-corrected chi connectivity index (χ1v) is 4.76. The molecule has 4 heteroatoms. The van der Waals surface area contributed by atoms with E-state index in [1.165, 1.54) is 7.11 Å². The minimum atomic E-state index is -0.389. The van der Waals surface area contributed by atoms with Crippen molar-refractivity contribution in [1.82, 2.24) is 9.97 Å². The molecule has 0 unspecified atom stereocenters. The third kappa shape index (κ3) is 1.91. The van der Waals surface area contributed by atoms with Crippen LogP contribution in [-0.4, -0.2) is 23.0 Å². The first kappa shape index (κ1) is 10.3. The zero-order valence-corrected chi connectivity index (χ0v) is 8.75. The van der Waals surface area contributed by atoms with Crippen molar-refractivity contribution in [3.05, 3.63) is 48.4 Å². The van der Waals surface area contributed by atoms with E-state index in [0.717, 1.165) is 5.56 Å². The summed E-state index contributed by atoms with van der Waals surface area (Å²) < 4.78 is 4.70. The number of methoxy groups -OCH3 is 1. The Balaban J connectivity index is 2.53. The molecule has 16 heavy (non-hydrogen) atoms. The first-order chi connectivity index (χ1) is 7.83. The van der Waals surface area contributed by atoms with E-state index >= 15 is 0 Å². The lowest BCUT2D eigenvalue weighted by atomic mass is 10.1. The molecule has 0 saturated carbocycles. The number of hydrogen-bond donors (Lipinski definition) is 0. The molecule has 2 aromatic heterocycles. The fourth-order valence-electron chi connectivity index (χ4n) is 1.42. The molecule has 0 aromatic carbocycles. The van der Waals surface area contributed by atoms with E-state index in [0.29, 0.717) is 11.3 Å². The van der Waals surface area contributed by atoms with Crippen molar-refractivity contribution < 1.29 is 9.53 Å². The molecule has 4 nitrogen and oxygen atoms in total. The van der Waals surface area contributed by atoms with Crippen molar-refractivity contribution in [3.8, 4) is 11.3 Å². The number of carbonyl (C=O) groups excluding carboxylic acids is 1. The topological polar surface area (TPSA) is 52.1 Å². The Hall–Kier alpha value is -2.23. The molecule has 0 spiro atoms. The summed E-state index contributed by atoms with van der Waals surface area (Å²) in [5, 5.41) is 0. The van der Waals surface area contributed by atoms with Crippen LogP contribution < -0.4 is 0 Å². The zero-order chi connectivity index (χ0) is 11.4. The highest BCUT2D eigenvalue weighted by Crippen LogP contribution is 2.20. The number of carbonyl (C=O) groups is 1. The van der Waals surface area contributed by atoms with Gasteiger partial charge in [0.15, 0.2) is 0 Å². The monoisotopic (exact) mass is 214 g/mol. The van der Waals surface area contributed by atoms with Gasteiger partial charge in [0.2, 0.25) is 0 Å². The van der Waals surface area contributed by atoms with E-state index in [2.05, 4.69) is 9.97 Å². The molecule has 2 aromatic rings. The lowest BCUT2D eigenvalue weighted by molar-refractivity contribution is 0.0601. The highest BCUT2D eigenvalue weighted by Gasteiger charge is 2.13. The molecule has 0 radical (unpaired) electrons. The fourth-order valence-corrected chi connectivity index (χ4v) is 1.42. The van der Waals surface area contributed by atoms with Crippen LogP contribution in [0.15, 0.2) is 42.9 Å². The summed E-state index contributed by atoms with van der Waals surface area (Å²) in [6.45, 7) is 0. The molecule has 2 heterocycles. The third-order valence-electron chi connectivity index (χ3n) is 2.17. The van der Waals surface area contributed by atoms with Crippen molar-refractivity contribution in [1.29, 1.82) is 0 Å². The first-order valence-electron chi connectivity index (χ1n) is 4.76. The second-order valence-corrected chi connectivity index (χ2v) is 3.13. The molecule has 0 amide bonds. The zero-order valence-electron chi connectivity index (χ0n) is 8.75. The fraction of sp³-hybridized carbons (Fsp3) is 0.0833. The van der Waals surface area contributed by atoms with Crippen molar-refractivity contribution >= 4 is 5.97 Å². The molecule has 0 atom stereocenters. The van der Waals surface area contributed by atoms with Crippen LogP contribution in [0, 0.1) is 0 Å². The smallest absolute Gasteiger partial charge is 0.340 e. The second kappa shape index (κ2) is 4.53. The molecule has 0 saturated heterocycles. The number of aromatic nitrogens is 2. The number of nitrogens with zero attached hydrogens (tertiary/aromatic N) is 2. The van der Waals surface area contributed by atoms with Crippen molar-refractivity contribution in [2.45, 2.75) is 0 Å². The SMILES string of the molecule is COC(=O)c1cccnc1-c1ccncc1. The van der Waals surface area contributed by atoms with Crippen LogP contribution in [0.1, 0.15) is 10.4 Å². The predicted octanol–water partition coefficient (Wildman–Crippen LogP) is 1.93.